The van der Waals surface area contributed by atoms with Crippen molar-refractivity contribution in [2.45, 2.75) is 64.5 Å². The van der Waals surface area contributed by atoms with Gasteiger partial charge in [-0.25, -0.2) is 0 Å². The van der Waals surface area contributed by atoms with Gasteiger partial charge in [-0.05, 0) is 51.0 Å². The first-order valence-electron chi connectivity index (χ1n) is 6.19. The normalized spacial score (nSPS) is 20.8. The van der Waals surface area contributed by atoms with Gasteiger partial charge in [0.25, 0.3) is 0 Å². The minimum Gasteiger partial charge on any atom is -0.393 e. The third kappa shape index (κ3) is 4.43. The van der Waals surface area contributed by atoms with Crippen LogP contribution in [0.15, 0.2) is 0 Å². The maximum Gasteiger partial charge on any atom is 0.0538 e. The Bertz CT molecular complexity index is 145. The minimum atomic E-state index is -0.0854. The van der Waals surface area contributed by atoms with E-state index in [-0.39, 0.29) is 6.10 Å². The lowest BCUT2D eigenvalue weighted by Gasteiger charge is -2.16. The Hall–Kier alpha value is -0.0800. The molecule has 2 unspecified atom stereocenters. The molecule has 1 rings (SSSR count). The van der Waals surface area contributed by atoms with E-state index in [4.69, 9.17) is 0 Å². The van der Waals surface area contributed by atoms with Gasteiger partial charge in [0.15, 0.2) is 0 Å². The van der Waals surface area contributed by atoms with Crippen LogP contribution in [-0.2, 0) is 0 Å². The molecule has 0 aliphatic heterocycles. The molecule has 0 saturated heterocycles. The number of hydrogen-bond donors (Lipinski definition) is 2. The summed E-state index contributed by atoms with van der Waals surface area (Å²) in [5, 5.41) is 13.0. The molecule has 1 fully saturated rings. The van der Waals surface area contributed by atoms with Gasteiger partial charge in [0.1, 0.15) is 0 Å². The van der Waals surface area contributed by atoms with Crippen LogP contribution in [0.2, 0.25) is 0 Å². The van der Waals surface area contributed by atoms with Crippen molar-refractivity contribution < 1.29 is 5.11 Å². The van der Waals surface area contributed by atoms with Crippen molar-refractivity contribution in [3.05, 3.63) is 0 Å². The molecule has 2 N–H and O–H groups in total. The lowest BCUT2D eigenvalue weighted by Crippen LogP contribution is -2.31. The fourth-order valence-electron chi connectivity index (χ4n) is 1.97. The standard InChI is InChI=1S/C12H25NO/c1-3-11(14)6-5-9-13-12(4-2)10-7-8-10/h10-14H,3-9H2,1-2H3. The van der Waals surface area contributed by atoms with Crippen molar-refractivity contribution in [3.8, 4) is 0 Å². The van der Waals surface area contributed by atoms with E-state index in [1.807, 2.05) is 6.92 Å². The van der Waals surface area contributed by atoms with Gasteiger partial charge < -0.3 is 10.4 Å². The average molecular weight is 199 g/mol. The summed E-state index contributed by atoms with van der Waals surface area (Å²) in [6.45, 7) is 5.38. The van der Waals surface area contributed by atoms with E-state index in [0.29, 0.717) is 0 Å². The summed E-state index contributed by atoms with van der Waals surface area (Å²) in [6.07, 6.45) is 6.95. The summed E-state index contributed by atoms with van der Waals surface area (Å²) < 4.78 is 0. The zero-order chi connectivity index (χ0) is 10.4. The van der Waals surface area contributed by atoms with E-state index in [9.17, 15) is 5.11 Å². The van der Waals surface area contributed by atoms with Gasteiger partial charge in [0.05, 0.1) is 6.10 Å². The lowest BCUT2D eigenvalue weighted by atomic mass is 10.1. The van der Waals surface area contributed by atoms with Crippen molar-refractivity contribution in [3.63, 3.8) is 0 Å². The van der Waals surface area contributed by atoms with Crippen LogP contribution in [0.4, 0.5) is 0 Å². The van der Waals surface area contributed by atoms with Crippen LogP contribution < -0.4 is 5.32 Å². The highest BCUT2D eigenvalue weighted by atomic mass is 16.3. The van der Waals surface area contributed by atoms with Gasteiger partial charge >= 0.3 is 0 Å². The Kier molecular flexibility index (Phi) is 5.49. The van der Waals surface area contributed by atoms with Gasteiger partial charge in [-0.3, -0.25) is 0 Å². The molecule has 2 atom stereocenters. The summed E-state index contributed by atoms with van der Waals surface area (Å²) in [7, 11) is 0. The molecule has 0 aromatic carbocycles. The largest absolute Gasteiger partial charge is 0.393 e. The number of hydrogen-bond acceptors (Lipinski definition) is 2. The maximum atomic E-state index is 9.37. The fourth-order valence-corrected chi connectivity index (χ4v) is 1.97. The highest BCUT2D eigenvalue weighted by molar-refractivity contribution is 4.85. The van der Waals surface area contributed by atoms with Gasteiger partial charge in [0, 0.05) is 6.04 Å². The summed E-state index contributed by atoms with van der Waals surface area (Å²) in [5.41, 5.74) is 0. The van der Waals surface area contributed by atoms with E-state index in [1.54, 1.807) is 0 Å². The summed E-state index contributed by atoms with van der Waals surface area (Å²) in [4.78, 5) is 0. The average Bonchev–Trinajstić information content (AvgIpc) is 3.01. The molecule has 14 heavy (non-hydrogen) atoms. The second kappa shape index (κ2) is 6.41. The lowest BCUT2D eigenvalue weighted by molar-refractivity contribution is 0.157. The second-order valence-corrected chi connectivity index (χ2v) is 4.51. The van der Waals surface area contributed by atoms with E-state index < -0.39 is 0 Å². The molecule has 0 spiro atoms. The van der Waals surface area contributed by atoms with Crippen LogP contribution in [0.3, 0.4) is 0 Å². The van der Waals surface area contributed by atoms with Crippen molar-refractivity contribution >= 4 is 0 Å². The van der Waals surface area contributed by atoms with Crippen molar-refractivity contribution in [2.75, 3.05) is 6.54 Å². The fraction of sp³-hybridized carbons (Fsp3) is 1.00. The van der Waals surface area contributed by atoms with Crippen molar-refractivity contribution in [2.24, 2.45) is 5.92 Å². The third-order valence-corrected chi connectivity index (χ3v) is 3.22. The first kappa shape index (κ1) is 12.0. The molecule has 1 aliphatic carbocycles. The molecule has 0 heterocycles. The summed E-state index contributed by atoms with van der Waals surface area (Å²) in [6, 6.07) is 0.744. The van der Waals surface area contributed by atoms with Gasteiger partial charge in [0.2, 0.25) is 0 Å². The quantitative estimate of drug-likeness (QED) is 0.588. The predicted octanol–water partition coefficient (Wildman–Crippen LogP) is 2.32. The van der Waals surface area contributed by atoms with Crippen molar-refractivity contribution in [1.29, 1.82) is 0 Å². The SMILES string of the molecule is CCC(O)CCCNC(CC)C1CC1. The highest BCUT2D eigenvalue weighted by Gasteiger charge is 2.29. The van der Waals surface area contributed by atoms with E-state index in [0.717, 1.165) is 37.8 Å². The van der Waals surface area contributed by atoms with Gasteiger partial charge in [-0.2, -0.15) is 0 Å². The smallest absolute Gasteiger partial charge is 0.0538 e. The van der Waals surface area contributed by atoms with E-state index >= 15 is 0 Å². The number of rotatable bonds is 8. The molecular formula is C12H25NO. The van der Waals surface area contributed by atoms with Crippen LogP contribution >= 0.6 is 0 Å². The number of aliphatic hydroxyl groups excluding tert-OH is 1. The minimum absolute atomic E-state index is 0.0854. The molecule has 1 aliphatic rings. The van der Waals surface area contributed by atoms with Crippen molar-refractivity contribution in [1.82, 2.24) is 5.32 Å². The monoisotopic (exact) mass is 199 g/mol. The Balaban J connectivity index is 1.96. The molecule has 2 nitrogen and oxygen atoms in total. The Morgan fingerprint density at radius 2 is 2.00 bits per heavy atom. The molecule has 2 heteroatoms. The molecule has 0 aromatic heterocycles. The topological polar surface area (TPSA) is 32.3 Å². The first-order chi connectivity index (χ1) is 6.77. The Labute approximate surface area is 88.1 Å². The van der Waals surface area contributed by atoms with E-state index in [2.05, 4.69) is 12.2 Å². The first-order valence-corrected chi connectivity index (χ1v) is 6.19. The summed E-state index contributed by atoms with van der Waals surface area (Å²) in [5.74, 6) is 0.955. The zero-order valence-corrected chi connectivity index (χ0v) is 9.63. The molecular weight excluding hydrogens is 174 g/mol. The molecule has 0 bridgehead atoms. The van der Waals surface area contributed by atoms with Crippen LogP contribution in [0.25, 0.3) is 0 Å². The molecule has 0 aromatic rings. The van der Waals surface area contributed by atoms with Crippen LogP contribution in [-0.4, -0.2) is 23.8 Å². The second-order valence-electron chi connectivity index (χ2n) is 4.51. The molecule has 1 saturated carbocycles. The highest BCUT2D eigenvalue weighted by Crippen LogP contribution is 2.33. The maximum absolute atomic E-state index is 9.37. The number of nitrogens with one attached hydrogen (secondary N) is 1. The van der Waals surface area contributed by atoms with Gasteiger partial charge in [-0.1, -0.05) is 13.8 Å². The predicted molar refractivity (Wildman–Crippen MR) is 60.3 cm³/mol. The Morgan fingerprint density at radius 3 is 2.50 bits per heavy atom. The van der Waals surface area contributed by atoms with Crippen LogP contribution in [0.5, 0.6) is 0 Å². The Morgan fingerprint density at radius 1 is 1.29 bits per heavy atom. The molecule has 0 amide bonds. The number of aliphatic hydroxyl groups is 1. The van der Waals surface area contributed by atoms with E-state index in [1.165, 1.54) is 19.3 Å². The summed E-state index contributed by atoms with van der Waals surface area (Å²) >= 11 is 0. The zero-order valence-electron chi connectivity index (χ0n) is 9.63. The van der Waals surface area contributed by atoms with Crippen LogP contribution in [0.1, 0.15) is 52.4 Å². The third-order valence-electron chi connectivity index (χ3n) is 3.22. The van der Waals surface area contributed by atoms with Gasteiger partial charge in [-0.15, -0.1) is 0 Å². The van der Waals surface area contributed by atoms with Crippen LogP contribution in [0, 0.1) is 5.92 Å². The molecule has 84 valence electrons. The molecule has 0 radical (unpaired) electrons.